The number of thioether (sulfide) groups is 1. The van der Waals surface area contributed by atoms with Crippen molar-refractivity contribution in [2.24, 2.45) is 0 Å². The van der Waals surface area contributed by atoms with Crippen molar-refractivity contribution in [1.82, 2.24) is 4.98 Å². The van der Waals surface area contributed by atoms with Crippen LogP contribution < -0.4 is 20.1 Å². The number of benzene rings is 3. The third-order valence-corrected chi connectivity index (χ3v) is 6.82. The number of carbonyl (C=O) groups excluding carboxylic acids is 2. The molecule has 0 spiro atoms. The number of anilines is 2. The molecule has 0 fully saturated rings. The van der Waals surface area contributed by atoms with Crippen molar-refractivity contribution in [1.29, 1.82) is 0 Å². The zero-order chi connectivity index (χ0) is 23.2. The molecule has 9 heteroatoms. The van der Waals surface area contributed by atoms with Gasteiger partial charge in [-0.2, -0.15) is 0 Å². The van der Waals surface area contributed by atoms with Gasteiger partial charge >= 0.3 is 0 Å². The summed E-state index contributed by atoms with van der Waals surface area (Å²) in [4.78, 5) is 29.4. The van der Waals surface area contributed by atoms with Gasteiger partial charge in [-0.05, 0) is 54.6 Å². The number of aromatic nitrogens is 1. The molecule has 4 aromatic rings. The van der Waals surface area contributed by atoms with E-state index in [0.29, 0.717) is 28.4 Å². The molecule has 33 heavy (non-hydrogen) atoms. The van der Waals surface area contributed by atoms with E-state index in [9.17, 15) is 9.59 Å². The molecule has 0 radical (unpaired) electrons. The number of carbonyl (C=O) groups is 2. The van der Waals surface area contributed by atoms with Gasteiger partial charge in [-0.1, -0.05) is 17.8 Å². The maximum absolute atomic E-state index is 12.5. The summed E-state index contributed by atoms with van der Waals surface area (Å²) in [7, 11) is 3.17. The molecule has 3 aromatic carbocycles. The van der Waals surface area contributed by atoms with Gasteiger partial charge in [0, 0.05) is 23.0 Å². The second kappa shape index (κ2) is 10.4. The SMILES string of the molecule is COc1ccc(C(=O)Nc2ccc3nc(SCC(=O)Nc4cccc(OC)c4)sc3c2)cc1. The summed E-state index contributed by atoms with van der Waals surface area (Å²) in [5.74, 6) is 1.28. The number of nitrogens with zero attached hydrogens (tertiary/aromatic N) is 1. The molecule has 2 N–H and O–H groups in total. The number of rotatable bonds is 8. The molecule has 7 nitrogen and oxygen atoms in total. The van der Waals surface area contributed by atoms with E-state index in [1.165, 1.54) is 23.1 Å². The molecule has 1 aromatic heterocycles. The smallest absolute Gasteiger partial charge is 0.255 e. The highest BCUT2D eigenvalue weighted by Gasteiger charge is 2.11. The van der Waals surface area contributed by atoms with Crippen molar-refractivity contribution in [2.75, 3.05) is 30.6 Å². The molecular formula is C24H21N3O4S2. The maximum atomic E-state index is 12.5. The minimum absolute atomic E-state index is 0.125. The Hall–Kier alpha value is -3.56. The van der Waals surface area contributed by atoms with Crippen LogP contribution in [0.25, 0.3) is 10.2 Å². The highest BCUT2D eigenvalue weighted by atomic mass is 32.2. The van der Waals surface area contributed by atoms with Crippen LogP contribution >= 0.6 is 23.1 Å². The average Bonchev–Trinajstić information content (AvgIpc) is 3.25. The molecule has 2 amide bonds. The van der Waals surface area contributed by atoms with Gasteiger partial charge < -0.3 is 20.1 Å². The van der Waals surface area contributed by atoms with E-state index in [4.69, 9.17) is 9.47 Å². The molecule has 0 aliphatic carbocycles. The zero-order valence-electron chi connectivity index (χ0n) is 18.0. The molecule has 0 saturated carbocycles. The summed E-state index contributed by atoms with van der Waals surface area (Å²) in [5, 5.41) is 5.76. The third-order valence-electron chi connectivity index (χ3n) is 4.66. The molecule has 0 aliphatic rings. The first-order valence-electron chi connectivity index (χ1n) is 9.97. The third kappa shape index (κ3) is 5.82. The zero-order valence-corrected chi connectivity index (χ0v) is 19.6. The van der Waals surface area contributed by atoms with Gasteiger partial charge in [0.25, 0.3) is 5.91 Å². The van der Waals surface area contributed by atoms with Crippen LogP contribution in [0.3, 0.4) is 0 Å². The second-order valence-corrected chi connectivity index (χ2v) is 9.17. The molecule has 0 atom stereocenters. The van der Waals surface area contributed by atoms with Crippen LogP contribution in [0, 0.1) is 0 Å². The van der Waals surface area contributed by atoms with Crippen LogP contribution in [0.2, 0.25) is 0 Å². The van der Waals surface area contributed by atoms with Crippen LogP contribution in [0.1, 0.15) is 10.4 Å². The van der Waals surface area contributed by atoms with E-state index in [0.717, 1.165) is 14.6 Å². The fourth-order valence-electron chi connectivity index (χ4n) is 3.01. The van der Waals surface area contributed by atoms with Gasteiger partial charge in [-0.15, -0.1) is 11.3 Å². The van der Waals surface area contributed by atoms with Crippen LogP contribution in [-0.4, -0.2) is 36.8 Å². The Kier molecular flexibility index (Phi) is 7.11. The van der Waals surface area contributed by atoms with Crippen molar-refractivity contribution in [2.45, 2.75) is 4.34 Å². The predicted molar refractivity (Wildman–Crippen MR) is 133 cm³/mol. The van der Waals surface area contributed by atoms with Gasteiger partial charge in [0.1, 0.15) is 11.5 Å². The summed E-state index contributed by atoms with van der Waals surface area (Å²) in [6, 6.07) is 19.7. The van der Waals surface area contributed by atoms with E-state index < -0.39 is 0 Å². The van der Waals surface area contributed by atoms with Crippen LogP contribution in [-0.2, 0) is 4.79 Å². The lowest BCUT2D eigenvalue weighted by Gasteiger charge is -2.06. The Labute approximate surface area is 199 Å². The first kappa shape index (κ1) is 22.6. The molecule has 1 heterocycles. The van der Waals surface area contributed by atoms with E-state index in [-0.39, 0.29) is 17.6 Å². The predicted octanol–water partition coefficient (Wildman–Crippen LogP) is 5.30. The fourth-order valence-corrected chi connectivity index (χ4v) is 4.92. The van der Waals surface area contributed by atoms with E-state index >= 15 is 0 Å². The molecule has 0 aliphatic heterocycles. The number of amides is 2. The van der Waals surface area contributed by atoms with Gasteiger partial charge in [0.2, 0.25) is 5.91 Å². The first-order valence-corrected chi connectivity index (χ1v) is 11.8. The maximum Gasteiger partial charge on any atom is 0.255 e. The quantitative estimate of drug-likeness (QED) is 0.334. The Morgan fingerprint density at radius 1 is 0.909 bits per heavy atom. The summed E-state index contributed by atoms with van der Waals surface area (Å²) in [6.07, 6.45) is 0. The van der Waals surface area contributed by atoms with E-state index in [1.807, 2.05) is 36.4 Å². The normalized spacial score (nSPS) is 10.6. The highest BCUT2D eigenvalue weighted by Crippen LogP contribution is 2.31. The minimum atomic E-state index is -0.203. The highest BCUT2D eigenvalue weighted by molar-refractivity contribution is 8.01. The summed E-state index contributed by atoms with van der Waals surface area (Å²) < 4.78 is 12.0. The van der Waals surface area contributed by atoms with Crippen molar-refractivity contribution < 1.29 is 19.1 Å². The number of hydrogen-bond acceptors (Lipinski definition) is 7. The van der Waals surface area contributed by atoms with Crippen LogP contribution in [0.4, 0.5) is 11.4 Å². The Morgan fingerprint density at radius 3 is 2.42 bits per heavy atom. The van der Waals surface area contributed by atoms with Gasteiger partial charge in [-0.3, -0.25) is 9.59 Å². The van der Waals surface area contributed by atoms with Crippen molar-refractivity contribution >= 4 is 56.5 Å². The molecule has 4 rings (SSSR count). The van der Waals surface area contributed by atoms with Gasteiger partial charge in [0.05, 0.1) is 30.2 Å². The molecule has 0 bridgehead atoms. The second-order valence-electron chi connectivity index (χ2n) is 6.91. The number of thiazole rings is 1. The lowest BCUT2D eigenvalue weighted by atomic mass is 10.2. The van der Waals surface area contributed by atoms with E-state index in [2.05, 4.69) is 15.6 Å². The standard InChI is InChI=1S/C24H21N3O4S2/c1-30-18-9-6-15(7-10-18)23(29)26-17-8-11-20-21(13-17)33-24(27-20)32-14-22(28)25-16-4-3-5-19(12-16)31-2/h3-13H,14H2,1-2H3,(H,25,28)(H,26,29). The number of fused-ring (bicyclic) bond motifs is 1. The molecule has 168 valence electrons. The number of ether oxygens (including phenoxy) is 2. The van der Waals surface area contributed by atoms with Crippen molar-refractivity contribution in [3.05, 3.63) is 72.3 Å². The van der Waals surface area contributed by atoms with Crippen molar-refractivity contribution in [3.8, 4) is 11.5 Å². The molecule has 0 saturated heterocycles. The van der Waals surface area contributed by atoms with Gasteiger partial charge in [-0.25, -0.2) is 4.98 Å². The Balaban J connectivity index is 1.37. The lowest BCUT2D eigenvalue weighted by Crippen LogP contribution is -2.13. The van der Waals surface area contributed by atoms with Crippen LogP contribution in [0.5, 0.6) is 11.5 Å². The summed E-state index contributed by atoms with van der Waals surface area (Å²) in [6.45, 7) is 0. The Morgan fingerprint density at radius 2 is 1.67 bits per heavy atom. The van der Waals surface area contributed by atoms with E-state index in [1.54, 1.807) is 44.6 Å². The average molecular weight is 480 g/mol. The summed E-state index contributed by atoms with van der Waals surface area (Å²) >= 11 is 2.85. The number of nitrogens with one attached hydrogen (secondary N) is 2. The topological polar surface area (TPSA) is 89.5 Å². The first-order chi connectivity index (χ1) is 16.0. The largest absolute Gasteiger partial charge is 0.497 e. The number of hydrogen-bond donors (Lipinski definition) is 2. The Bertz CT molecular complexity index is 1290. The monoisotopic (exact) mass is 479 g/mol. The molecular weight excluding hydrogens is 458 g/mol. The van der Waals surface area contributed by atoms with Gasteiger partial charge in [0.15, 0.2) is 4.34 Å². The number of methoxy groups -OCH3 is 2. The summed E-state index contributed by atoms with van der Waals surface area (Å²) in [5.41, 5.74) is 2.72. The minimum Gasteiger partial charge on any atom is -0.497 e. The van der Waals surface area contributed by atoms with Crippen molar-refractivity contribution in [3.63, 3.8) is 0 Å². The fraction of sp³-hybridized carbons (Fsp3) is 0.125. The lowest BCUT2D eigenvalue weighted by molar-refractivity contribution is -0.113. The van der Waals surface area contributed by atoms with Crippen LogP contribution in [0.15, 0.2) is 71.1 Å². The molecule has 0 unspecified atom stereocenters.